The monoisotopic (exact) mass is 427 g/mol. The summed E-state index contributed by atoms with van der Waals surface area (Å²) in [4.78, 5) is 5.95. The van der Waals surface area contributed by atoms with Gasteiger partial charge in [0.2, 0.25) is 0 Å². The van der Waals surface area contributed by atoms with Crippen LogP contribution in [-0.2, 0) is 4.74 Å². The molecule has 7 nitrogen and oxygen atoms in total. The van der Waals surface area contributed by atoms with Gasteiger partial charge in [-0.3, -0.25) is 0 Å². The van der Waals surface area contributed by atoms with E-state index in [2.05, 4.69) is 40.0 Å². The Balaban J connectivity index is 1.45. The summed E-state index contributed by atoms with van der Waals surface area (Å²) in [5, 5.41) is 35.7. The highest BCUT2D eigenvalue weighted by Gasteiger charge is 2.43. The van der Waals surface area contributed by atoms with E-state index in [1.165, 1.54) is 4.88 Å². The van der Waals surface area contributed by atoms with E-state index in [1.807, 2.05) is 18.2 Å². The van der Waals surface area contributed by atoms with Crippen LogP contribution in [0.4, 0.5) is 5.69 Å². The molecule has 1 saturated heterocycles. The summed E-state index contributed by atoms with van der Waals surface area (Å²) >= 11 is 1.79. The molecule has 3 aromatic rings. The molecule has 0 amide bonds. The van der Waals surface area contributed by atoms with Crippen molar-refractivity contribution in [2.24, 2.45) is 0 Å². The molecular formula is C22H25N3O4S. The molecule has 2 aromatic heterocycles. The normalized spacial score (nSPS) is 31.4. The van der Waals surface area contributed by atoms with Gasteiger partial charge in [-0.2, -0.15) is 0 Å². The fraction of sp³-hybridized carbons (Fsp3) is 0.409. The number of allylic oxidation sites excluding steroid dienone is 1. The van der Waals surface area contributed by atoms with Crippen LogP contribution >= 0.6 is 11.3 Å². The number of thiophene rings is 1. The van der Waals surface area contributed by atoms with Gasteiger partial charge in [0.05, 0.1) is 24.1 Å². The lowest BCUT2D eigenvalue weighted by atomic mass is 9.87. The van der Waals surface area contributed by atoms with Crippen molar-refractivity contribution < 1.29 is 20.1 Å². The van der Waals surface area contributed by atoms with Gasteiger partial charge >= 0.3 is 0 Å². The summed E-state index contributed by atoms with van der Waals surface area (Å²) in [7, 11) is 0. The Hall–Kier alpha value is -2.23. The van der Waals surface area contributed by atoms with Crippen molar-refractivity contribution >= 4 is 28.1 Å². The number of anilines is 1. The highest BCUT2D eigenvalue weighted by atomic mass is 32.1. The third-order valence-corrected chi connectivity index (χ3v) is 7.08. The molecule has 2 aliphatic rings. The Morgan fingerprint density at radius 2 is 2.00 bits per heavy atom. The van der Waals surface area contributed by atoms with E-state index in [4.69, 9.17) is 4.74 Å². The first-order chi connectivity index (χ1) is 14.7. The highest BCUT2D eigenvalue weighted by molar-refractivity contribution is 7.10. The van der Waals surface area contributed by atoms with Gasteiger partial charge in [0.15, 0.2) is 6.23 Å². The molecule has 1 aliphatic heterocycles. The van der Waals surface area contributed by atoms with Crippen LogP contribution in [0.1, 0.15) is 29.9 Å². The maximum atomic E-state index is 10.4. The molecule has 0 unspecified atom stereocenters. The van der Waals surface area contributed by atoms with Crippen molar-refractivity contribution in [3.63, 3.8) is 0 Å². The predicted octanol–water partition coefficient (Wildman–Crippen LogP) is 2.62. The van der Waals surface area contributed by atoms with Gasteiger partial charge in [0.25, 0.3) is 0 Å². The van der Waals surface area contributed by atoms with Crippen molar-refractivity contribution in [2.75, 3.05) is 11.9 Å². The first-order valence-corrected chi connectivity index (χ1v) is 11.1. The number of aromatic nitrogens is 2. The molecule has 3 heterocycles. The first-order valence-electron chi connectivity index (χ1n) is 10.2. The third kappa shape index (κ3) is 3.34. The van der Waals surface area contributed by atoms with Crippen LogP contribution in [0.2, 0.25) is 0 Å². The lowest BCUT2D eigenvalue weighted by Gasteiger charge is -2.29. The van der Waals surface area contributed by atoms with Crippen molar-refractivity contribution in [3.8, 4) is 0 Å². The van der Waals surface area contributed by atoms with E-state index in [0.717, 1.165) is 29.6 Å². The molecule has 4 N–H and O–H groups in total. The lowest BCUT2D eigenvalue weighted by Crippen LogP contribution is -2.33. The molecule has 1 fully saturated rings. The van der Waals surface area contributed by atoms with E-state index in [1.54, 1.807) is 22.2 Å². The molecular weight excluding hydrogens is 402 g/mol. The van der Waals surface area contributed by atoms with Gasteiger partial charge in [-0.1, -0.05) is 24.3 Å². The smallest absolute Gasteiger partial charge is 0.164 e. The molecule has 6 atom stereocenters. The van der Waals surface area contributed by atoms with Gasteiger partial charge in [0.1, 0.15) is 23.8 Å². The molecule has 5 rings (SSSR count). The number of aliphatic hydroxyl groups is 3. The minimum absolute atomic E-state index is 0.262. The minimum Gasteiger partial charge on any atom is -0.394 e. The maximum absolute atomic E-state index is 10.4. The number of hydrogen-bond acceptors (Lipinski definition) is 7. The molecule has 1 aromatic carbocycles. The van der Waals surface area contributed by atoms with Crippen molar-refractivity contribution in [1.82, 2.24) is 9.55 Å². The molecule has 0 bridgehead atoms. The Bertz CT molecular complexity index is 1030. The summed E-state index contributed by atoms with van der Waals surface area (Å²) in [6.07, 6.45) is 4.15. The number of benzene rings is 1. The van der Waals surface area contributed by atoms with Gasteiger partial charge in [-0.25, -0.2) is 4.98 Å². The van der Waals surface area contributed by atoms with Gasteiger partial charge in [-0.05, 0) is 36.4 Å². The second kappa shape index (κ2) is 8.13. The van der Waals surface area contributed by atoms with E-state index >= 15 is 0 Å². The van der Waals surface area contributed by atoms with E-state index in [-0.39, 0.29) is 12.6 Å². The number of ether oxygens (including phenoxy) is 1. The van der Waals surface area contributed by atoms with Crippen molar-refractivity contribution in [2.45, 2.75) is 49.3 Å². The average molecular weight is 428 g/mol. The van der Waals surface area contributed by atoms with Crippen LogP contribution in [0.3, 0.4) is 0 Å². The summed E-state index contributed by atoms with van der Waals surface area (Å²) in [5.41, 5.74) is 2.52. The van der Waals surface area contributed by atoms with Crippen LogP contribution in [0.5, 0.6) is 0 Å². The Morgan fingerprint density at radius 3 is 2.77 bits per heavy atom. The molecule has 0 spiro atoms. The first kappa shape index (κ1) is 19.7. The zero-order valence-corrected chi connectivity index (χ0v) is 17.2. The number of nitrogens with zero attached hydrogens (tertiary/aromatic N) is 2. The van der Waals surface area contributed by atoms with Crippen LogP contribution in [0.15, 0.2) is 54.2 Å². The lowest BCUT2D eigenvalue weighted by molar-refractivity contribution is -0.0508. The number of hydrogen-bond donors (Lipinski definition) is 4. The Kier molecular flexibility index (Phi) is 5.34. The quantitative estimate of drug-likeness (QED) is 0.467. The zero-order chi connectivity index (χ0) is 20.7. The van der Waals surface area contributed by atoms with Crippen LogP contribution in [0, 0.1) is 0 Å². The van der Waals surface area contributed by atoms with Gasteiger partial charge < -0.3 is 29.9 Å². The topological polar surface area (TPSA) is 99.8 Å². The van der Waals surface area contributed by atoms with Crippen molar-refractivity contribution in [1.29, 1.82) is 0 Å². The Morgan fingerprint density at radius 1 is 1.13 bits per heavy atom. The zero-order valence-electron chi connectivity index (χ0n) is 16.3. The maximum Gasteiger partial charge on any atom is 0.164 e. The predicted molar refractivity (Wildman–Crippen MR) is 116 cm³/mol. The largest absolute Gasteiger partial charge is 0.394 e. The van der Waals surface area contributed by atoms with E-state index in [9.17, 15) is 15.3 Å². The molecule has 0 radical (unpaired) electrons. The molecule has 30 heavy (non-hydrogen) atoms. The fourth-order valence-corrected chi connectivity index (χ4v) is 5.38. The van der Waals surface area contributed by atoms with Gasteiger partial charge in [-0.15, -0.1) is 11.3 Å². The number of aliphatic hydroxyl groups excluding tert-OH is 3. The standard InChI is InChI=1S/C22H25N3O4S/c26-11-17-20(27)21(28)22(29-17)25-12-23-19-15(7-3-8-16(19)25)24-14-6-2-1-5-13(14)18-9-4-10-30-18/h1-4,7-10,12-14,17,20-22,24,26-28H,5-6,11H2/t13-,14-,17-,20-,21-,22-/m1/s1. The molecule has 8 heteroatoms. The number of para-hydroxylation sites is 1. The average Bonchev–Trinajstić information content (AvgIpc) is 3.50. The van der Waals surface area contributed by atoms with Crippen LogP contribution in [-0.4, -0.2) is 55.8 Å². The SMILES string of the molecule is OC[C@H]1O[C@@H](n2cnc3c(N[C@@H]4CC=CC[C@H]4c4cccs4)cccc32)[C@H](O)[C@@H]1O. The van der Waals surface area contributed by atoms with Crippen LogP contribution < -0.4 is 5.32 Å². The third-order valence-electron chi connectivity index (χ3n) is 6.08. The second-order valence-corrected chi connectivity index (χ2v) is 8.85. The number of rotatable bonds is 5. The van der Waals surface area contributed by atoms with E-state index in [0.29, 0.717) is 5.92 Å². The summed E-state index contributed by atoms with van der Waals surface area (Å²) in [6, 6.07) is 10.4. The fourth-order valence-electron chi connectivity index (χ4n) is 4.48. The second-order valence-electron chi connectivity index (χ2n) is 7.87. The molecule has 0 saturated carbocycles. The van der Waals surface area contributed by atoms with E-state index < -0.39 is 24.5 Å². The highest BCUT2D eigenvalue weighted by Crippen LogP contribution is 2.37. The minimum atomic E-state index is -1.14. The number of nitrogens with one attached hydrogen (secondary N) is 1. The Labute approximate surface area is 178 Å². The molecule has 158 valence electrons. The number of fused-ring (bicyclic) bond motifs is 1. The molecule has 1 aliphatic carbocycles. The summed E-state index contributed by atoms with van der Waals surface area (Å²) in [6.45, 7) is -0.354. The van der Waals surface area contributed by atoms with Gasteiger partial charge in [0, 0.05) is 16.8 Å². The summed E-state index contributed by atoms with van der Waals surface area (Å²) < 4.78 is 7.41. The van der Waals surface area contributed by atoms with Crippen LogP contribution in [0.25, 0.3) is 11.0 Å². The van der Waals surface area contributed by atoms with Crippen molar-refractivity contribution in [3.05, 3.63) is 59.1 Å². The number of imidazole rings is 1. The summed E-state index contributed by atoms with van der Waals surface area (Å²) in [5.74, 6) is 0.410.